The highest BCUT2D eigenvalue weighted by atomic mass is 16.4. The molecule has 0 saturated carbocycles. The van der Waals surface area contributed by atoms with Crippen LogP contribution in [0.5, 0.6) is 0 Å². The molecular formula is C17H18N2O2. The third kappa shape index (κ3) is 2.40. The molecule has 4 heteroatoms. The van der Waals surface area contributed by atoms with Gasteiger partial charge in [0.15, 0.2) is 0 Å². The van der Waals surface area contributed by atoms with Crippen molar-refractivity contribution in [3.05, 3.63) is 35.0 Å². The first kappa shape index (κ1) is 13.7. The van der Waals surface area contributed by atoms with Crippen molar-refractivity contribution < 1.29 is 9.90 Å². The van der Waals surface area contributed by atoms with Crippen LogP contribution in [0.2, 0.25) is 0 Å². The maximum atomic E-state index is 11.2. The lowest BCUT2D eigenvalue weighted by molar-refractivity contribution is 0.0697. The molecule has 2 aromatic rings. The maximum absolute atomic E-state index is 11.2. The summed E-state index contributed by atoms with van der Waals surface area (Å²) < 4.78 is 2.30. The number of rotatable bonds is 4. The predicted octanol–water partition coefficient (Wildman–Crippen LogP) is 3.52. The van der Waals surface area contributed by atoms with Crippen molar-refractivity contribution in [2.24, 2.45) is 0 Å². The molecule has 1 aromatic heterocycles. The number of aromatic nitrogens is 1. The third-order valence-corrected chi connectivity index (χ3v) is 4.29. The zero-order chi connectivity index (χ0) is 14.8. The summed E-state index contributed by atoms with van der Waals surface area (Å²) in [6.07, 6.45) is 5.84. The number of nitriles is 1. The van der Waals surface area contributed by atoms with Gasteiger partial charge in [-0.1, -0.05) is 0 Å². The van der Waals surface area contributed by atoms with E-state index in [2.05, 4.69) is 10.6 Å². The normalized spacial score (nSPS) is 13.9. The van der Waals surface area contributed by atoms with E-state index < -0.39 is 5.97 Å². The van der Waals surface area contributed by atoms with Crippen LogP contribution in [0.15, 0.2) is 18.2 Å². The molecule has 108 valence electrons. The SMILES string of the molecule is N#CCCCn1c2c(c3cc(C(=O)O)ccc31)CCCC2. The number of carboxylic acid groups (broad SMARTS) is 1. The molecule has 0 aliphatic heterocycles. The fraction of sp³-hybridized carbons (Fsp3) is 0.412. The number of carbonyl (C=O) groups is 1. The highest BCUT2D eigenvalue weighted by molar-refractivity contribution is 5.95. The minimum absolute atomic E-state index is 0.352. The van der Waals surface area contributed by atoms with Crippen LogP contribution in [0.25, 0.3) is 10.9 Å². The van der Waals surface area contributed by atoms with Crippen molar-refractivity contribution in [3.63, 3.8) is 0 Å². The van der Waals surface area contributed by atoms with Crippen molar-refractivity contribution >= 4 is 16.9 Å². The van der Waals surface area contributed by atoms with Crippen LogP contribution in [-0.4, -0.2) is 15.6 Å². The van der Waals surface area contributed by atoms with Gasteiger partial charge in [-0.15, -0.1) is 0 Å². The number of carboxylic acids is 1. The lowest BCUT2D eigenvalue weighted by atomic mass is 9.95. The molecule has 1 N–H and O–H groups in total. The van der Waals surface area contributed by atoms with E-state index in [9.17, 15) is 9.90 Å². The molecule has 0 spiro atoms. The number of hydrogen-bond donors (Lipinski definition) is 1. The van der Waals surface area contributed by atoms with Gasteiger partial charge >= 0.3 is 5.97 Å². The molecule has 0 fully saturated rings. The average Bonchev–Trinajstić information content (AvgIpc) is 2.81. The van der Waals surface area contributed by atoms with E-state index >= 15 is 0 Å². The molecule has 0 bridgehead atoms. The Morgan fingerprint density at radius 1 is 1.33 bits per heavy atom. The summed E-state index contributed by atoms with van der Waals surface area (Å²) in [5.41, 5.74) is 4.13. The number of fused-ring (bicyclic) bond motifs is 3. The zero-order valence-corrected chi connectivity index (χ0v) is 11.9. The minimum atomic E-state index is -0.876. The number of aryl methyl sites for hydroxylation is 2. The lowest BCUT2D eigenvalue weighted by Gasteiger charge is -2.15. The van der Waals surface area contributed by atoms with E-state index in [1.54, 1.807) is 6.07 Å². The van der Waals surface area contributed by atoms with E-state index in [0.29, 0.717) is 12.0 Å². The minimum Gasteiger partial charge on any atom is -0.478 e. The highest BCUT2D eigenvalue weighted by Crippen LogP contribution is 2.33. The topological polar surface area (TPSA) is 66.0 Å². The molecule has 21 heavy (non-hydrogen) atoms. The quantitative estimate of drug-likeness (QED) is 0.872. The van der Waals surface area contributed by atoms with Gasteiger partial charge < -0.3 is 9.67 Å². The molecule has 1 aromatic carbocycles. The molecule has 0 radical (unpaired) electrons. The fourth-order valence-electron chi connectivity index (χ4n) is 3.34. The van der Waals surface area contributed by atoms with Crippen LogP contribution in [-0.2, 0) is 19.4 Å². The van der Waals surface area contributed by atoms with Gasteiger partial charge in [-0.3, -0.25) is 0 Å². The van der Waals surface area contributed by atoms with Crippen molar-refractivity contribution in [2.45, 2.75) is 45.1 Å². The molecule has 4 nitrogen and oxygen atoms in total. The summed E-state index contributed by atoms with van der Waals surface area (Å²) in [6.45, 7) is 0.839. The number of aromatic carboxylic acids is 1. The first-order chi connectivity index (χ1) is 10.2. The largest absolute Gasteiger partial charge is 0.478 e. The average molecular weight is 282 g/mol. The van der Waals surface area contributed by atoms with Gasteiger partial charge in [-0.2, -0.15) is 5.26 Å². The van der Waals surface area contributed by atoms with Crippen molar-refractivity contribution in [2.75, 3.05) is 0 Å². The van der Waals surface area contributed by atoms with Gasteiger partial charge in [0.25, 0.3) is 0 Å². The van der Waals surface area contributed by atoms with Crippen LogP contribution in [0.3, 0.4) is 0 Å². The number of nitrogens with zero attached hydrogens (tertiary/aromatic N) is 2. The summed E-state index contributed by atoms with van der Waals surface area (Å²) >= 11 is 0. The Balaban J connectivity index is 2.12. The Morgan fingerprint density at radius 3 is 2.90 bits per heavy atom. The first-order valence-electron chi connectivity index (χ1n) is 7.46. The highest BCUT2D eigenvalue weighted by Gasteiger charge is 2.20. The van der Waals surface area contributed by atoms with E-state index in [1.807, 2.05) is 12.1 Å². The second-order valence-electron chi connectivity index (χ2n) is 5.58. The van der Waals surface area contributed by atoms with Crippen LogP contribution >= 0.6 is 0 Å². The predicted molar refractivity (Wildman–Crippen MR) is 80.4 cm³/mol. The summed E-state index contributed by atoms with van der Waals surface area (Å²) in [4.78, 5) is 11.2. The van der Waals surface area contributed by atoms with Gasteiger partial charge in [0, 0.05) is 29.6 Å². The molecule has 3 rings (SSSR count). The summed E-state index contributed by atoms with van der Waals surface area (Å²) in [7, 11) is 0. The van der Waals surface area contributed by atoms with E-state index in [0.717, 1.165) is 36.7 Å². The Hall–Kier alpha value is -2.28. The second-order valence-corrected chi connectivity index (χ2v) is 5.58. The van der Waals surface area contributed by atoms with Crippen molar-refractivity contribution in [1.82, 2.24) is 4.57 Å². The van der Waals surface area contributed by atoms with Crippen molar-refractivity contribution in [1.29, 1.82) is 5.26 Å². The Morgan fingerprint density at radius 2 is 2.14 bits per heavy atom. The second kappa shape index (κ2) is 5.61. The molecule has 0 unspecified atom stereocenters. The standard InChI is InChI=1S/C17H18N2O2/c18-9-3-4-10-19-15-6-2-1-5-13(15)14-11-12(17(20)21)7-8-16(14)19/h7-8,11H,1-6,10H2,(H,20,21). The van der Waals surface area contributed by atoms with Gasteiger partial charge in [-0.25, -0.2) is 4.79 Å². The fourth-order valence-corrected chi connectivity index (χ4v) is 3.34. The summed E-state index contributed by atoms with van der Waals surface area (Å²) in [5, 5.41) is 19.0. The molecule has 1 aliphatic carbocycles. The van der Waals surface area contributed by atoms with Crippen LogP contribution in [0, 0.1) is 11.3 Å². The van der Waals surface area contributed by atoms with Crippen molar-refractivity contribution in [3.8, 4) is 6.07 Å². The molecular weight excluding hydrogens is 264 g/mol. The molecule has 1 aliphatic rings. The van der Waals surface area contributed by atoms with Gasteiger partial charge in [0.1, 0.15) is 0 Å². The van der Waals surface area contributed by atoms with Crippen LogP contribution in [0.4, 0.5) is 0 Å². The van der Waals surface area contributed by atoms with Gasteiger partial charge in [0.05, 0.1) is 11.6 Å². The lowest BCUT2D eigenvalue weighted by Crippen LogP contribution is -2.08. The molecule has 0 amide bonds. The summed E-state index contributed by atoms with van der Waals surface area (Å²) in [5.74, 6) is -0.876. The number of hydrogen-bond acceptors (Lipinski definition) is 2. The zero-order valence-electron chi connectivity index (χ0n) is 11.9. The smallest absolute Gasteiger partial charge is 0.335 e. The van der Waals surface area contributed by atoms with Crippen LogP contribution in [0.1, 0.15) is 47.3 Å². The number of benzene rings is 1. The molecule has 1 heterocycles. The summed E-state index contributed by atoms with van der Waals surface area (Å²) in [6, 6.07) is 7.60. The van der Waals surface area contributed by atoms with E-state index in [1.165, 1.54) is 24.1 Å². The molecule has 0 atom stereocenters. The Bertz CT molecular complexity index is 737. The van der Waals surface area contributed by atoms with E-state index in [4.69, 9.17) is 5.26 Å². The third-order valence-electron chi connectivity index (χ3n) is 4.29. The monoisotopic (exact) mass is 282 g/mol. The van der Waals surface area contributed by atoms with Gasteiger partial charge in [0.2, 0.25) is 0 Å². The van der Waals surface area contributed by atoms with Gasteiger partial charge in [-0.05, 0) is 55.9 Å². The number of unbranched alkanes of at least 4 members (excludes halogenated alkanes) is 1. The maximum Gasteiger partial charge on any atom is 0.335 e. The molecule has 0 saturated heterocycles. The Labute approximate surface area is 123 Å². The first-order valence-corrected chi connectivity index (χ1v) is 7.46. The van der Waals surface area contributed by atoms with E-state index in [-0.39, 0.29) is 0 Å². The Kier molecular flexibility index (Phi) is 3.66. The van der Waals surface area contributed by atoms with Crippen LogP contribution < -0.4 is 0 Å².